The van der Waals surface area contributed by atoms with Crippen LogP contribution in [0, 0.1) is 0 Å². The molecule has 0 aromatic carbocycles. The molecule has 76 valence electrons. The van der Waals surface area contributed by atoms with Gasteiger partial charge in [-0.15, -0.1) is 0 Å². The minimum Gasteiger partial charge on any atom is -0.494 e. The molecule has 0 spiro atoms. The summed E-state index contributed by atoms with van der Waals surface area (Å²) in [5, 5.41) is 0. The lowest BCUT2D eigenvalue weighted by molar-refractivity contribution is 0.215. The Hall–Kier alpha value is -0.655. The van der Waals surface area contributed by atoms with E-state index >= 15 is 0 Å². The van der Waals surface area contributed by atoms with Gasteiger partial charge >= 0.3 is 0 Å². The van der Waals surface area contributed by atoms with Crippen molar-refractivity contribution in [1.29, 1.82) is 0 Å². The van der Waals surface area contributed by atoms with E-state index in [-0.39, 0.29) is 5.82 Å². The van der Waals surface area contributed by atoms with Crippen molar-refractivity contribution in [1.82, 2.24) is 0 Å². The van der Waals surface area contributed by atoms with Gasteiger partial charge in [0.1, 0.15) is 5.76 Å². The van der Waals surface area contributed by atoms with E-state index in [1.807, 2.05) is 12.2 Å². The molecule has 0 heterocycles. The molecule has 0 aromatic rings. The first-order valence-corrected chi connectivity index (χ1v) is 5.59. The third kappa shape index (κ3) is 4.54. The van der Waals surface area contributed by atoms with E-state index in [1.165, 1.54) is 19.3 Å². The Labute approximate surface area is 88.6 Å². The third-order valence-electron chi connectivity index (χ3n) is 2.37. The smallest absolute Gasteiger partial charge is 0.114 e. The van der Waals surface area contributed by atoms with E-state index in [0.29, 0.717) is 0 Å². The van der Waals surface area contributed by atoms with Gasteiger partial charge in [0, 0.05) is 0 Å². The number of unbranched alkanes of at least 4 members (excludes halogenated alkanes) is 3. The first kappa shape index (κ1) is 11.4. The van der Waals surface area contributed by atoms with Crippen molar-refractivity contribution in [2.24, 2.45) is 0 Å². The van der Waals surface area contributed by atoms with Crippen LogP contribution in [-0.4, -0.2) is 14.5 Å². The van der Waals surface area contributed by atoms with Gasteiger partial charge in [-0.25, -0.2) is 0 Å². The zero-order valence-corrected chi connectivity index (χ0v) is 9.04. The van der Waals surface area contributed by atoms with Gasteiger partial charge in [0.25, 0.3) is 0 Å². The molecule has 1 aliphatic carbocycles. The summed E-state index contributed by atoms with van der Waals surface area (Å²) in [4.78, 5) is 0. The molecule has 1 atom stereocenters. The highest BCUT2D eigenvalue weighted by Crippen LogP contribution is 2.18. The lowest BCUT2D eigenvalue weighted by Gasteiger charge is -2.13. The molecule has 0 saturated carbocycles. The fourth-order valence-electron chi connectivity index (χ4n) is 1.44. The van der Waals surface area contributed by atoms with Crippen LogP contribution in [0.15, 0.2) is 24.0 Å². The maximum Gasteiger partial charge on any atom is 0.114 e. The van der Waals surface area contributed by atoms with Crippen LogP contribution in [0.25, 0.3) is 0 Å². The minimum absolute atomic E-state index is 0.183. The molecule has 2 heteroatoms. The minimum atomic E-state index is 0.183. The van der Waals surface area contributed by atoms with Crippen molar-refractivity contribution in [3.63, 3.8) is 0 Å². The monoisotopic (exact) mass is 190 g/mol. The number of ether oxygens (including phenoxy) is 1. The zero-order valence-electron chi connectivity index (χ0n) is 9.04. The molecular formula is C12H19BO. The molecule has 0 fully saturated rings. The first-order chi connectivity index (χ1) is 6.83. The van der Waals surface area contributed by atoms with Gasteiger partial charge in [0.15, 0.2) is 0 Å². The maximum atomic E-state index is 5.70. The van der Waals surface area contributed by atoms with Crippen molar-refractivity contribution in [2.75, 3.05) is 6.61 Å². The van der Waals surface area contributed by atoms with Crippen LogP contribution in [0.1, 0.15) is 39.0 Å². The van der Waals surface area contributed by atoms with E-state index < -0.39 is 0 Å². The van der Waals surface area contributed by atoms with Gasteiger partial charge in [0.05, 0.1) is 14.5 Å². The Morgan fingerprint density at radius 2 is 2.29 bits per heavy atom. The number of rotatable bonds is 6. The van der Waals surface area contributed by atoms with Gasteiger partial charge in [-0.3, -0.25) is 0 Å². The van der Waals surface area contributed by atoms with Crippen molar-refractivity contribution >= 4 is 7.85 Å². The van der Waals surface area contributed by atoms with Gasteiger partial charge in [-0.05, 0) is 25.0 Å². The fourth-order valence-corrected chi connectivity index (χ4v) is 1.44. The normalized spacial score (nSPS) is 20.6. The highest BCUT2D eigenvalue weighted by atomic mass is 16.5. The lowest BCUT2D eigenvalue weighted by Crippen LogP contribution is -1.98. The topological polar surface area (TPSA) is 9.23 Å². The van der Waals surface area contributed by atoms with Gasteiger partial charge < -0.3 is 4.74 Å². The largest absolute Gasteiger partial charge is 0.494 e. The van der Waals surface area contributed by atoms with Crippen molar-refractivity contribution < 1.29 is 4.74 Å². The van der Waals surface area contributed by atoms with Crippen LogP contribution < -0.4 is 0 Å². The second-order valence-electron chi connectivity index (χ2n) is 3.77. The predicted octanol–water partition coefficient (Wildman–Crippen LogP) is 3.38. The van der Waals surface area contributed by atoms with Crippen LogP contribution in [0.5, 0.6) is 0 Å². The average molecular weight is 190 g/mol. The summed E-state index contributed by atoms with van der Waals surface area (Å²) in [6.07, 6.45) is 12.0. The van der Waals surface area contributed by atoms with Crippen LogP contribution in [0.4, 0.5) is 0 Å². The van der Waals surface area contributed by atoms with Gasteiger partial charge in [-0.2, -0.15) is 0 Å². The number of allylic oxidation sites excluding steroid dienone is 3. The van der Waals surface area contributed by atoms with Crippen LogP contribution >= 0.6 is 0 Å². The number of hydrogen-bond acceptors (Lipinski definition) is 1. The summed E-state index contributed by atoms with van der Waals surface area (Å²) in [7, 11) is 5.70. The molecule has 0 aliphatic heterocycles. The quantitative estimate of drug-likeness (QED) is 0.460. The van der Waals surface area contributed by atoms with E-state index in [4.69, 9.17) is 12.6 Å². The molecular weight excluding hydrogens is 171 g/mol. The van der Waals surface area contributed by atoms with Gasteiger partial charge in [0.2, 0.25) is 0 Å². The lowest BCUT2D eigenvalue weighted by atomic mass is 9.82. The first-order valence-electron chi connectivity index (χ1n) is 5.59. The summed E-state index contributed by atoms with van der Waals surface area (Å²) >= 11 is 0. The summed E-state index contributed by atoms with van der Waals surface area (Å²) in [5.74, 6) is 1.17. The molecule has 1 aliphatic rings. The molecule has 1 rings (SSSR count). The van der Waals surface area contributed by atoms with Gasteiger partial charge in [-0.1, -0.05) is 38.1 Å². The average Bonchev–Trinajstić information content (AvgIpc) is 2.21. The standard InChI is InChI=1S/C12H19BO/c1-2-3-4-5-10-14-12-8-6-11(13)7-9-12/h6,8-9,11H,2-5,7,10H2,1H3. The second-order valence-corrected chi connectivity index (χ2v) is 3.77. The molecule has 1 unspecified atom stereocenters. The molecule has 0 bridgehead atoms. The van der Waals surface area contributed by atoms with E-state index in [9.17, 15) is 0 Å². The number of hydrogen-bond donors (Lipinski definition) is 0. The highest BCUT2D eigenvalue weighted by molar-refractivity contribution is 6.13. The fraction of sp³-hybridized carbons (Fsp3) is 0.667. The Kier molecular flexibility index (Phi) is 5.50. The second kappa shape index (κ2) is 6.75. The summed E-state index contributed by atoms with van der Waals surface area (Å²) in [6.45, 7) is 3.06. The SMILES string of the molecule is [B]C1C=CC(OCCCCCC)=CC1. The zero-order chi connectivity index (χ0) is 10.2. The summed E-state index contributed by atoms with van der Waals surface area (Å²) in [6, 6.07) is 0. The molecule has 14 heavy (non-hydrogen) atoms. The summed E-state index contributed by atoms with van der Waals surface area (Å²) in [5.41, 5.74) is 0. The maximum absolute atomic E-state index is 5.70. The highest BCUT2D eigenvalue weighted by Gasteiger charge is 2.03. The molecule has 0 N–H and O–H groups in total. The van der Waals surface area contributed by atoms with Crippen molar-refractivity contribution in [2.45, 2.75) is 44.8 Å². The predicted molar refractivity (Wildman–Crippen MR) is 61.4 cm³/mol. The Morgan fingerprint density at radius 3 is 2.93 bits per heavy atom. The van der Waals surface area contributed by atoms with Crippen LogP contribution in [-0.2, 0) is 4.74 Å². The Morgan fingerprint density at radius 1 is 1.43 bits per heavy atom. The Bertz CT molecular complexity index is 208. The van der Waals surface area contributed by atoms with Crippen molar-refractivity contribution in [3.8, 4) is 0 Å². The molecule has 0 aromatic heterocycles. The Balaban J connectivity index is 2.05. The van der Waals surface area contributed by atoms with Crippen LogP contribution in [0.2, 0.25) is 5.82 Å². The van der Waals surface area contributed by atoms with Crippen molar-refractivity contribution in [3.05, 3.63) is 24.0 Å². The van der Waals surface area contributed by atoms with Crippen LogP contribution in [0.3, 0.4) is 0 Å². The molecule has 0 amide bonds. The van der Waals surface area contributed by atoms with E-state index in [1.54, 1.807) is 0 Å². The van der Waals surface area contributed by atoms with E-state index in [2.05, 4.69) is 13.0 Å². The summed E-state index contributed by atoms with van der Waals surface area (Å²) < 4.78 is 5.60. The van der Waals surface area contributed by atoms with E-state index in [0.717, 1.165) is 25.2 Å². The molecule has 1 nitrogen and oxygen atoms in total. The third-order valence-corrected chi connectivity index (χ3v) is 2.37. The molecule has 0 saturated heterocycles. The molecule has 2 radical (unpaired) electrons.